The fourth-order valence-electron chi connectivity index (χ4n) is 2.70. The predicted molar refractivity (Wildman–Crippen MR) is 97.1 cm³/mol. The molecule has 0 spiro atoms. The summed E-state index contributed by atoms with van der Waals surface area (Å²) in [6.45, 7) is 16.6. The van der Waals surface area contributed by atoms with E-state index in [1.165, 1.54) is 6.07 Å². The molecule has 0 bridgehead atoms. The standard InChI is InChI=1S/C21H12N4/c1-14-9-19(25-13-18(14)16-7-5-4-6-8-16)17-10-15(12-22)11-20(23-2)21(17)24-3/h4-11,13H,1H3. The van der Waals surface area contributed by atoms with E-state index in [0.29, 0.717) is 16.8 Å². The second-order valence-corrected chi connectivity index (χ2v) is 5.48. The molecule has 1 heterocycles. The molecule has 0 amide bonds. The van der Waals surface area contributed by atoms with Gasteiger partial charge in [0.25, 0.3) is 0 Å². The molecule has 4 heteroatoms. The van der Waals surface area contributed by atoms with E-state index in [0.717, 1.165) is 16.7 Å². The van der Waals surface area contributed by atoms with E-state index >= 15 is 0 Å². The van der Waals surface area contributed by atoms with Crippen LogP contribution in [0.4, 0.5) is 11.4 Å². The lowest BCUT2D eigenvalue weighted by atomic mass is 9.99. The molecule has 4 nitrogen and oxygen atoms in total. The van der Waals surface area contributed by atoms with Gasteiger partial charge in [0, 0.05) is 17.3 Å². The number of benzene rings is 2. The van der Waals surface area contributed by atoms with Crippen LogP contribution >= 0.6 is 0 Å². The number of nitrogens with zero attached hydrogens (tertiary/aromatic N) is 4. The Bertz CT molecular complexity index is 1080. The van der Waals surface area contributed by atoms with Gasteiger partial charge in [0.2, 0.25) is 5.69 Å². The summed E-state index contributed by atoms with van der Waals surface area (Å²) in [4.78, 5) is 11.4. The first kappa shape index (κ1) is 15.9. The van der Waals surface area contributed by atoms with Crippen LogP contribution in [-0.4, -0.2) is 4.98 Å². The first-order valence-corrected chi connectivity index (χ1v) is 7.53. The van der Waals surface area contributed by atoms with Crippen LogP contribution in [-0.2, 0) is 0 Å². The van der Waals surface area contributed by atoms with Crippen molar-refractivity contribution in [1.29, 1.82) is 5.26 Å². The molecule has 0 atom stereocenters. The number of nitriles is 1. The Morgan fingerprint density at radius 3 is 2.36 bits per heavy atom. The molecule has 2 aromatic carbocycles. The highest BCUT2D eigenvalue weighted by Gasteiger charge is 2.15. The molecule has 0 aliphatic rings. The number of rotatable bonds is 2. The van der Waals surface area contributed by atoms with Crippen molar-refractivity contribution in [3.05, 3.63) is 88.7 Å². The number of hydrogen-bond acceptors (Lipinski definition) is 2. The van der Waals surface area contributed by atoms with Crippen LogP contribution in [0.3, 0.4) is 0 Å². The Kier molecular flexibility index (Phi) is 4.25. The van der Waals surface area contributed by atoms with Crippen LogP contribution in [0.5, 0.6) is 0 Å². The molecule has 0 radical (unpaired) electrons. The summed E-state index contributed by atoms with van der Waals surface area (Å²) < 4.78 is 0. The molecule has 0 saturated heterocycles. The molecule has 3 aromatic rings. The first-order chi connectivity index (χ1) is 12.2. The van der Waals surface area contributed by atoms with Crippen LogP contribution in [0.25, 0.3) is 32.1 Å². The van der Waals surface area contributed by atoms with Gasteiger partial charge in [-0.2, -0.15) is 5.26 Å². The van der Waals surface area contributed by atoms with E-state index in [9.17, 15) is 5.26 Å². The average Bonchev–Trinajstić information content (AvgIpc) is 2.67. The van der Waals surface area contributed by atoms with E-state index in [1.54, 1.807) is 12.3 Å². The third-order valence-corrected chi connectivity index (χ3v) is 3.92. The largest absolute Gasteiger partial charge is 0.257 e. The van der Waals surface area contributed by atoms with Gasteiger partial charge in [-0.1, -0.05) is 36.4 Å². The molecule has 0 unspecified atom stereocenters. The van der Waals surface area contributed by atoms with Gasteiger partial charge in [-0.25, -0.2) is 4.85 Å². The molecule has 3 rings (SSSR count). The van der Waals surface area contributed by atoms with Crippen molar-refractivity contribution < 1.29 is 0 Å². The van der Waals surface area contributed by atoms with E-state index in [4.69, 9.17) is 13.1 Å². The van der Waals surface area contributed by atoms with E-state index in [-0.39, 0.29) is 11.4 Å². The van der Waals surface area contributed by atoms with E-state index in [1.807, 2.05) is 49.4 Å². The summed E-state index contributed by atoms with van der Waals surface area (Å²) in [6.07, 6.45) is 1.77. The predicted octanol–water partition coefficient (Wildman–Crippen LogP) is 5.70. The number of pyridine rings is 1. The van der Waals surface area contributed by atoms with E-state index < -0.39 is 0 Å². The maximum Gasteiger partial charge on any atom is 0.203 e. The highest BCUT2D eigenvalue weighted by molar-refractivity contribution is 5.89. The quantitative estimate of drug-likeness (QED) is 0.569. The third-order valence-electron chi connectivity index (χ3n) is 3.92. The maximum absolute atomic E-state index is 9.19. The Morgan fingerprint density at radius 1 is 1.00 bits per heavy atom. The van der Waals surface area contributed by atoms with Crippen LogP contribution in [0.1, 0.15) is 11.1 Å². The second kappa shape index (κ2) is 6.67. The van der Waals surface area contributed by atoms with Crippen molar-refractivity contribution in [1.82, 2.24) is 4.98 Å². The van der Waals surface area contributed by atoms with Gasteiger partial charge in [0.05, 0.1) is 24.9 Å². The summed E-state index contributed by atoms with van der Waals surface area (Å²) in [5.41, 5.74) is 4.95. The Morgan fingerprint density at radius 2 is 1.76 bits per heavy atom. The molecule has 0 aliphatic heterocycles. The molecular weight excluding hydrogens is 308 g/mol. The van der Waals surface area contributed by atoms with Gasteiger partial charge in [0.1, 0.15) is 0 Å². The summed E-state index contributed by atoms with van der Waals surface area (Å²) >= 11 is 0. The Hall–Kier alpha value is -3.94. The smallest absolute Gasteiger partial charge is 0.203 e. The van der Waals surface area contributed by atoms with Crippen molar-refractivity contribution in [2.75, 3.05) is 0 Å². The number of aryl methyl sites for hydroxylation is 1. The van der Waals surface area contributed by atoms with Crippen molar-refractivity contribution in [3.63, 3.8) is 0 Å². The minimum atomic E-state index is 0.177. The topological polar surface area (TPSA) is 45.4 Å². The van der Waals surface area contributed by atoms with Crippen LogP contribution < -0.4 is 0 Å². The van der Waals surface area contributed by atoms with Gasteiger partial charge in [-0.15, -0.1) is 0 Å². The van der Waals surface area contributed by atoms with Gasteiger partial charge < -0.3 is 0 Å². The molecule has 1 aromatic heterocycles. The number of aromatic nitrogens is 1. The van der Waals surface area contributed by atoms with Crippen LogP contribution in [0, 0.1) is 31.4 Å². The fraction of sp³-hybridized carbons (Fsp3) is 0.0476. The van der Waals surface area contributed by atoms with E-state index in [2.05, 4.69) is 14.7 Å². The minimum Gasteiger partial charge on any atom is -0.257 e. The Labute approximate surface area is 146 Å². The molecule has 0 fully saturated rings. The minimum absolute atomic E-state index is 0.177. The summed E-state index contributed by atoms with van der Waals surface area (Å²) in [5.74, 6) is 0. The average molecular weight is 320 g/mol. The fourth-order valence-corrected chi connectivity index (χ4v) is 2.70. The van der Waals surface area contributed by atoms with Gasteiger partial charge in [0.15, 0.2) is 5.69 Å². The molecule has 25 heavy (non-hydrogen) atoms. The zero-order valence-electron chi connectivity index (χ0n) is 13.5. The highest BCUT2D eigenvalue weighted by atomic mass is 14.8. The summed E-state index contributed by atoms with van der Waals surface area (Å²) in [5, 5.41) is 9.19. The Balaban J connectivity index is 2.19. The third kappa shape index (κ3) is 2.95. The molecule has 116 valence electrons. The maximum atomic E-state index is 9.19. The van der Waals surface area contributed by atoms with Crippen molar-refractivity contribution >= 4 is 11.4 Å². The lowest BCUT2D eigenvalue weighted by molar-refractivity contribution is 1.29. The highest BCUT2D eigenvalue weighted by Crippen LogP contribution is 2.40. The molecule has 0 aliphatic carbocycles. The van der Waals surface area contributed by atoms with Gasteiger partial charge >= 0.3 is 0 Å². The molecule has 0 N–H and O–H groups in total. The van der Waals surface area contributed by atoms with Gasteiger partial charge in [-0.3, -0.25) is 9.83 Å². The molecular formula is C21H12N4. The first-order valence-electron chi connectivity index (χ1n) is 7.53. The molecule has 0 saturated carbocycles. The summed E-state index contributed by atoms with van der Waals surface area (Å²) in [6, 6.07) is 16.9. The summed E-state index contributed by atoms with van der Waals surface area (Å²) in [7, 11) is 0. The van der Waals surface area contributed by atoms with Crippen LogP contribution in [0.2, 0.25) is 0 Å². The number of hydrogen-bond donors (Lipinski definition) is 0. The zero-order valence-corrected chi connectivity index (χ0v) is 13.5. The SMILES string of the molecule is [C-]#[N+]c1cc(C#N)cc(-c2cc(C)c(-c3ccccc3)cn2)c1[N+]#[C-]. The second-order valence-electron chi connectivity index (χ2n) is 5.48. The van der Waals surface area contributed by atoms with Crippen molar-refractivity contribution in [3.8, 4) is 28.5 Å². The lowest BCUT2D eigenvalue weighted by Crippen LogP contribution is -1.91. The lowest BCUT2D eigenvalue weighted by Gasteiger charge is -2.10. The monoisotopic (exact) mass is 320 g/mol. The van der Waals surface area contributed by atoms with Crippen LogP contribution in [0.15, 0.2) is 54.7 Å². The van der Waals surface area contributed by atoms with Crippen molar-refractivity contribution in [2.24, 2.45) is 0 Å². The van der Waals surface area contributed by atoms with Crippen molar-refractivity contribution in [2.45, 2.75) is 6.92 Å². The normalized spacial score (nSPS) is 9.68. The van der Waals surface area contributed by atoms with Gasteiger partial charge in [-0.05, 0) is 35.7 Å². The zero-order chi connectivity index (χ0) is 17.8.